The van der Waals surface area contributed by atoms with E-state index in [4.69, 9.17) is 4.42 Å². The maximum absolute atomic E-state index is 12.0. The fourth-order valence-corrected chi connectivity index (χ4v) is 2.29. The lowest BCUT2D eigenvalue weighted by molar-refractivity contribution is -0.384. The molecule has 1 N–H and O–H groups in total. The topological polar surface area (TPSA) is 128 Å². The summed E-state index contributed by atoms with van der Waals surface area (Å²) in [6.45, 7) is 0. The first kappa shape index (κ1) is 17.9. The number of nitrogens with zero attached hydrogens (tertiary/aromatic N) is 3. The normalized spacial score (nSPS) is 10.4. The summed E-state index contributed by atoms with van der Waals surface area (Å²) in [6, 6.07) is 14.1. The average molecular weight is 366 g/mol. The summed E-state index contributed by atoms with van der Waals surface area (Å²) >= 11 is 0. The van der Waals surface area contributed by atoms with Crippen LogP contribution in [0, 0.1) is 10.1 Å². The molecule has 1 aromatic heterocycles. The van der Waals surface area contributed by atoms with E-state index >= 15 is 0 Å². The highest BCUT2D eigenvalue weighted by atomic mass is 16.6. The Morgan fingerprint density at radius 3 is 2.37 bits per heavy atom. The van der Waals surface area contributed by atoms with E-state index in [1.165, 1.54) is 24.3 Å². The van der Waals surface area contributed by atoms with Crippen molar-refractivity contribution in [3.63, 3.8) is 0 Å². The Morgan fingerprint density at radius 2 is 1.70 bits per heavy atom. The highest BCUT2D eigenvalue weighted by molar-refractivity contribution is 5.99. The predicted octanol–water partition coefficient (Wildman–Crippen LogP) is 3.25. The molecule has 0 radical (unpaired) electrons. The molecule has 3 aromatic rings. The molecule has 2 aromatic carbocycles. The van der Waals surface area contributed by atoms with Crippen LogP contribution < -0.4 is 5.32 Å². The molecule has 9 heteroatoms. The molecule has 3 rings (SSSR count). The number of Topliss-reactive ketones (excluding diaryl/α,β-unsaturated/α-hetero) is 1. The zero-order valence-electron chi connectivity index (χ0n) is 14.0. The fourth-order valence-electron chi connectivity index (χ4n) is 2.29. The number of aromatic nitrogens is 2. The largest absolute Gasteiger partial charge is 0.403 e. The molecule has 0 aliphatic rings. The van der Waals surface area contributed by atoms with E-state index in [0.717, 1.165) is 0 Å². The van der Waals surface area contributed by atoms with Crippen LogP contribution in [0.3, 0.4) is 0 Å². The highest BCUT2D eigenvalue weighted by Crippen LogP contribution is 2.22. The monoisotopic (exact) mass is 366 g/mol. The number of hydrogen-bond donors (Lipinski definition) is 1. The minimum atomic E-state index is -0.514. The quantitative estimate of drug-likeness (QED) is 0.386. The van der Waals surface area contributed by atoms with Crippen molar-refractivity contribution in [2.75, 3.05) is 5.32 Å². The van der Waals surface area contributed by atoms with E-state index in [1.807, 2.05) is 6.07 Å². The van der Waals surface area contributed by atoms with Crippen LogP contribution in [0.4, 0.5) is 11.7 Å². The summed E-state index contributed by atoms with van der Waals surface area (Å²) in [7, 11) is 0. The van der Waals surface area contributed by atoms with Crippen LogP contribution in [0.5, 0.6) is 0 Å². The van der Waals surface area contributed by atoms with E-state index in [2.05, 4.69) is 15.5 Å². The number of anilines is 1. The summed E-state index contributed by atoms with van der Waals surface area (Å²) in [5.74, 6) is -0.457. The predicted molar refractivity (Wildman–Crippen MR) is 95.0 cm³/mol. The SMILES string of the molecule is O=C(CCC(=O)c1ccccc1)Nc1nnc(-c2ccc([N+](=O)[O-])cc2)o1. The molecule has 0 saturated heterocycles. The number of carbonyl (C=O) groups excluding carboxylic acids is 2. The van der Waals surface area contributed by atoms with Crippen molar-refractivity contribution in [3.8, 4) is 11.5 Å². The van der Waals surface area contributed by atoms with Gasteiger partial charge < -0.3 is 4.42 Å². The molecule has 0 aliphatic heterocycles. The van der Waals surface area contributed by atoms with Gasteiger partial charge in [0, 0.05) is 36.1 Å². The zero-order chi connectivity index (χ0) is 19.2. The Morgan fingerprint density at radius 1 is 1.00 bits per heavy atom. The van der Waals surface area contributed by atoms with Gasteiger partial charge in [0.15, 0.2) is 5.78 Å². The second-order valence-electron chi connectivity index (χ2n) is 5.55. The van der Waals surface area contributed by atoms with E-state index in [-0.39, 0.29) is 36.2 Å². The third-order valence-electron chi connectivity index (χ3n) is 3.67. The molecule has 9 nitrogen and oxygen atoms in total. The maximum Gasteiger partial charge on any atom is 0.322 e. The lowest BCUT2D eigenvalue weighted by atomic mass is 10.1. The van der Waals surface area contributed by atoms with Crippen LogP contribution in [0.25, 0.3) is 11.5 Å². The Labute approximate surface area is 153 Å². The van der Waals surface area contributed by atoms with Crippen molar-refractivity contribution >= 4 is 23.4 Å². The van der Waals surface area contributed by atoms with Gasteiger partial charge in [-0.15, -0.1) is 5.10 Å². The molecule has 0 spiro atoms. The number of non-ortho nitro benzene ring substituents is 1. The first-order chi connectivity index (χ1) is 13.0. The third kappa shape index (κ3) is 4.60. The number of hydrogen-bond acceptors (Lipinski definition) is 7. The van der Waals surface area contributed by atoms with Crippen molar-refractivity contribution in [3.05, 3.63) is 70.3 Å². The van der Waals surface area contributed by atoms with Crippen molar-refractivity contribution in [2.24, 2.45) is 0 Å². The summed E-state index contributed by atoms with van der Waals surface area (Å²) < 4.78 is 5.32. The Hall–Kier alpha value is -3.88. The summed E-state index contributed by atoms with van der Waals surface area (Å²) in [5, 5.41) is 20.6. The molecule has 0 bridgehead atoms. The van der Waals surface area contributed by atoms with Crippen LogP contribution in [-0.2, 0) is 4.79 Å². The summed E-state index contributed by atoms with van der Waals surface area (Å²) in [4.78, 5) is 34.1. The van der Waals surface area contributed by atoms with Crippen LogP contribution in [0.2, 0.25) is 0 Å². The van der Waals surface area contributed by atoms with Gasteiger partial charge in [0.05, 0.1) is 4.92 Å². The molecule has 0 unspecified atom stereocenters. The number of nitro groups is 1. The lowest BCUT2D eigenvalue weighted by Gasteiger charge is -2.01. The number of carbonyl (C=O) groups is 2. The summed E-state index contributed by atoms with van der Waals surface area (Å²) in [5.41, 5.74) is 0.964. The minimum absolute atomic E-state index is 0.0248. The lowest BCUT2D eigenvalue weighted by Crippen LogP contribution is -2.13. The molecule has 1 amide bonds. The molecule has 27 heavy (non-hydrogen) atoms. The van der Waals surface area contributed by atoms with Crippen molar-refractivity contribution in [1.29, 1.82) is 0 Å². The Bertz CT molecular complexity index is 967. The van der Waals surface area contributed by atoms with Crippen LogP contribution >= 0.6 is 0 Å². The van der Waals surface area contributed by atoms with Gasteiger partial charge in [-0.05, 0) is 12.1 Å². The second kappa shape index (κ2) is 8.00. The number of ketones is 1. The van der Waals surface area contributed by atoms with Crippen LogP contribution in [0.15, 0.2) is 59.0 Å². The van der Waals surface area contributed by atoms with Gasteiger partial charge in [0.2, 0.25) is 11.8 Å². The van der Waals surface area contributed by atoms with Gasteiger partial charge in [-0.25, -0.2) is 0 Å². The van der Waals surface area contributed by atoms with Gasteiger partial charge in [-0.2, -0.15) is 0 Å². The molecular formula is C18H14N4O5. The standard InChI is InChI=1S/C18H14N4O5/c23-15(12-4-2-1-3-5-12)10-11-16(24)19-18-21-20-17(27-18)13-6-8-14(9-7-13)22(25)26/h1-9H,10-11H2,(H,19,21,24). The fraction of sp³-hybridized carbons (Fsp3) is 0.111. The first-order valence-electron chi connectivity index (χ1n) is 7.99. The number of benzene rings is 2. The van der Waals surface area contributed by atoms with E-state index in [1.54, 1.807) is 24.3 Å². The van der Waals surface area contributed by atoms with Crippen molar-refractivity contribution in [1.82, 2.24) is 10.2 Å². The number of rotatable bonds is 7. The first-order valence-corrected chi connectivity index (χ1v) is 7.99. The molecule has 0 atom stereocenters. The zero-order valence-corrected chi connectivity index (χ0v) is 14.0. The van der Waals surface area contributed by atoms with Gasteiger partial charge in [0.25, 0.3) is 5.69 Å². The Kier molecular flexibility index (Phi) is 5.31. The number of nitrogens with one attached hydrogen (secondary N) is 1. The van der Waals surface area contributed by atoms with Crippen molar-refractivity contribution < 1.29 is 18.9 Å². The summed E-state index contributed by atoms with van der Waals surface area (Å²) in [6.07, 6.45) is 0.0299. The van der Waals surface area contributed by atoms with Gasteiger partial charge >= 0.3 is 6.01 Å². The van der Waals surface area contributed by atoms with E-state index < -0.39 is 10.8 Å². The minimum Gasteiger partial charge on any atom is -0.403 e. The third-order valence-corrected chi connectivity index (χ3v) is 3.67. The molecule has 136 valence electrons. The van der Waals surface area contributed by atoms with E-state index in [0.29, 0.717) is 11.1 Å². The molecule has 0 saturated carbocycles. The van der Waals surface area contributed by atoms with Gasteiger partial charge in [-0.1, -0.05) is 35.4 Å². The van der Waals surface area contributed by atoms with Crippen LogP contribution in [-0.4, -0.2) is 26.8 Å². The molecular weight excluding hydrogens is 352 g/mol. The average Bonchev–Trinajstić information content (AvgIpc) is 3.15. The number of nitro benzene ring substituents is 1. The number of amides is 1. The van der Waals surface area contributed by atoms with Gasteiger partial charge in [-0.3, -0.25) is 25.0 Å². The van der Waals surface area contributed by atoms with Crippen LogP contribution in [0.1, 0.15) is 23.2 Å². The van der Waals surface area contributed by atoms with E-state index in [9.17, 15) is 19.7 Å². The molecule has 0 fully saturated rings. The molecule has 1 heterocycles. The van der Waals surface area contributed by atoms with Gasteiger partial charge in [0.1, 0.15) is 0 Å². The smallest absolute Gasteiger partial charge is 0.322 e. The second-order valence-corrected chi connectivity index (χ2v) is 5.55. The molecule has 0 aliphatic carbocycles. The Balaban J connectivity index is 1.56. The maximum atomic E-state index is 12.0. The van der Waals surface area contributed by atoms with Crippen molar-refractivity contribution in [2.45, 2.75) is 12.8 Å². The highest BCUT2D eigenvalue weighted by Gasteiger charge is 2.14.